The average molecular weight is 303 g/mol. The molecule has 0 saturated heterocycles. The van der Waals surface area contributed by atoms with Gasteiger partial charge in [0.1, 0.15) is 0 Å². The van der Waals surface area contributed by atoms with Gasteiger partial charge in [0, 0.05) is 17.2 Å². The van der Waals surface area contributed by atoms with Crippen LogP contribution in [0.4, 0.5) is 0 Å². The quantitative estimate of drug-likeness (QED) is 0.620. The molecule has 1 heteroatoms. The SMILES string of the molecule is C=CCC1=Cc2cc(-c3cc(C(C)C)ccn3)ccc2C1(C)C. The van der Waals surface area contributed by atoms with E-state index >= 15 is 0 Å². The van der Waals surface area contributed by atoms with Crippen molar-refractivity contribution >= 4 is 6.08 Å². The van der Waals surface area contributed by atoms with Crippen LogP contribution in [0.25, 0.3) is 17.3 Å². The third-order valence-corrected chi connectivity index (χ3v) is 4.97. The molecule has 0 bridgehead atoms. The number of benzene rings is 1. The molecule has 0 unspecified atom stereocenters. The molecule has 23 heavy (non-hydrogen) atoms. The Morgan fingerprint density at radius 1 is 1.17 bits per heavy atom. The van der Waals surface area contributed by atoms with Crippen molar-refractivity contribution in [2.45, 2.75) is 45.4 Å². The van der Waals surface area contributed by atoms with E-state index in [4.69, 9.17) is 0 Å². The van der Waals surface area contributed by atoms with Gasteiger partial charge in [0.05, 0.1) is 5.69 Å². The third kappa shape index (κ3) is 2.76. The van der Waals surface area contributed by atoms with Crippen molar-refractivity contribution in [3.63, 3.8) is 0 Å². The topological polar surface area (TPSA) is 12.9 Å². The molecule has 0 amide bonds. The van der Waals surface area contributed by atoms with Crippen LogP contribution in [-0.2, 0) is 5.41 Å². The summed E-state index contributed by atoms with van der Waals surface area (Å²) in [6.07, 6.45) is 7.18. The second kappa shape index (κ2) is 5.81. The molecule has 0 aliphatic heterocycles. The first-order valence-corrected chi connectivity index (χ1v) is 8.36. The molecule has 1 heterocycles. The molecule has 0 N–H and O–H groups in total. The molecule has 3 rings (SSSR count). The number of aromatic nitrogens is 1. The zero-order valence-corrected chi connectivity index (χ0v) is 14.6. The van der Waals surface area contributed by atoms with Crippen molar-refractivity contribution in [2.75, 3.05) is 0 Å². The van der Waals surface area contributed by atoms with Crippen LogP contribution >= 0.6 is 0 Å². The van der Waals surface area contributed by atoms with Crippen molar-refractivity contribution in [3.8, 4) is 11.3 Å². The maximum atomic E-state index is 4.57. The summed E-state index contributed by atoms with van der Waals surface area (Å²) in [5, 5.41) is 0. The maximum absolute atomic E-state index is 4.57. The lowest BCUT2D eigenvalue weighted by molar-refractivity contribution is 0.626. The molecule has 1 nitrogen and oxygen atoms in total. The Labute approximate surface area is 139 Å². The second-order valence-electron chi connectivity index (χ2n) is 7.22. The summed E-state index contributed by atoms with van der Waals surface area (Å²) in [5.74, 6) is 0.518. The molecule has 118 valence electrons. The smallest absolute Gasteiger partial charge is 0.0705 e. The first-order chi connectivity index (χ1) is 10.9. The minimum atomic E-state index is 0.0925. The highest BCUT2D eigenvalue weighted by Gasteiger charge is 2.31. The van der Waals surface area contributed by atoms with Crippen LogP contribution in [0.2, 0.25) is 0 Å². The van der Waals surface area contributed by atoms with Gasteiger partial charge in [-0.25, -0.2) is 0 Å². The predicted molar refractivity (Wildman–Crippen MR) is 99.6 cm³/mol. The normalized spacial score (nSPS) is 15.4. The van der Waals surface area contributed by atoms with E-state index in [1.54, 1.807) is 0 Å². The number of hydrogen-bond donors (Lipinski definition) is 0. The van der Waals surface area contributed by atoms with E-state index in [2.05, 4.69) is 75.7 Å². The number of rotatable bonds is 4. The summed E-state index contributed by atoms with van der Waals surface area (Å²) in [6, 6.07) is 11.1. The zero-order chi connectivity index (χ0) is 16.6. The van der Waals surface area contributed by atoms with Crippen molar-refractivity contribution < 1.29 is 0 Å². The number of nitrogens with zero attached hydrogens (tertiary/aromatic N) is 1. The number of hydrogen-bond acceptors (Lipinski definition) is 1. The van der Waals surface area contributed by atoms with E-state index in [1.165, 1.54) is 27.8 Å². The molecule has 0 fully saturated rings. The number of pyridine rings is 1. The monoisotopic (exact) mass is 303 g/mol. The Hall–Kier alpha value is -2.15. The van der Waals surface area contributed by atoms with E-state index in [0.717, 1.165) is 12.1 Å². The van der Waals surface area contributed by atoms with Crippen molar-refractivity contribution in [2.24, 2.45) is 0 Å². The lowest BCUT2D eigenvalue weighted by Crippen LogP contribution is -2.16. The van der Waals surface area contributed by atoms with Gasteiger partial charge in [-0.1, -0.05) is 57.6 Å². The average Bonchev–Trinajstić information content (AvgIpc) is 2.78. The lowest BCUT2D eigenvalue weighted by Gasteiger charge is -2.24. The van der Waals surface area contributed by atoms with Gasteiger partial charge >= 0.3 is 0 Å². The summed E-state index contributed by atoms with van der Waals surface area (Å²) in [5.41, 5.74) is 7.83. The highest BCUT2D eigenvalue weighted by Crippen LogP contribution is 2.44. The molecule has 0 radical (unpaired) electrons. The fourth-order valence-electron chi connectivity index (χ4n) is 3.39. The molecular weight excluding hydrogens is 278 g/mol. The Bertz CT molecular complexity index is 778. The predicted octanol–water partition coefficient (Wildman–Crippen LogP) is 6.12. The van der Waals surface area contributed by atoms with Crippen LogP contribution in [0, 0.1) is 0 Å². The van der Waals surface area contributed by atoms with Crippen molar-refractivity contribution in [1.82, 2.24) is 4.98 Å². The standard InChI is InChI=1S/C22H25N/c1-6-7-19-13-18-12-17(8-9-20(18)22(19,4)5)21-14-16(15(2)3)10-11-23-21/h6,8-15H,1,7H2,2-5H3. The van der Waals surface area contributed by atoms with E-state index in [9.17, 15) is 0 Å². The fourth-order valence-corrected chi connectivity index (χ4v) is 3.39. The largest absolute Gasteiger partial charge is 0.256 e. The highest BCUT2D eigenvalue weighted by atomic mass is 14.7. The van der Waals surface area contributed by atoms with Gasteiger partial charge in [0.2, 0.25) is 0 Å². The van der Waals surface area contributed by atoms with E-state index < -0.39 is 0 Å². The maximum Gasteiger partial charge on any atom is 0.0705 e. The van der Waals surface area contributed by atoms with Crippen molar-refractivity contribution in [1.29, 1.82) is 0 Å². The summed E-state index contributed by atoms with van der Waals surface area (Å²) < 4.78 is 0. The number of allylic oxidation sites excluding steroid dienone is 2. The van der Waals surface area contributed by atoms with Crippen LogP contribution < -0.4 is 0 Å². The fraction of sp³-hybridized carbons (Fsp3) is 0.318. The van der Waals surface area contributed by atoms with E-state index in [-0.39, 0.29) is 5.41 Å². The van der Waals surface area contributed by atoms with Gasteiger partial charge < -0.3 is 0 Å². The molecular formula is C22H25N. The first kappa shape index (κ1) is 15.7. The second-order valence-corrected chi connectivity index (χ2v) is 7.22. The Morgan fingerprint density at radius 2 is 1.96 bits per heavy atom. The minimum Gasteiger partial charge on any atom is -0.256 e. The Balaban J connectivity index is 2.04. The number of fused-ring (bicyclic) bond motifs is 1. The van der Waals surface area contributed by atoms with Gasteiger partial charge in [0.25, 0.3) is 0 Å². The highest BCUT2D eigenvalue weighted by molar-refractivity contribution is 5.74. The molecule has 0 atom stereocenters. The third-order valence-electron chi connectivity index (χ3n) is 4.97. The molecule has 1 aliphatic carbocycles. The van der Waals surface area contributed by atoms with Crippen LogP contribution in [0.15, 0.2) is 54.8 Å². The molecule has 0 spiro atoms. The first-order valence-electron chi connectivity index (χ1n) is 8.36. The lowest BCUT2D eigenvalue weighted by atomic mass is 9.80. The summed E-state index contributed by atoms with van der Waals surface area (Å²) in [6.45, 7) is 12.9. The van der Waals surface area contributed by atoms with Gasteiger partial charge in [0.15, 0.2) is 0 Å². The zero-order valence-electron chi connectivity index (χ0n) is 14.6. The van der Waals surface area contributed by atoms with Crippen LogP contribution in [0.5, 0.6) is 0 Å². The van der Waals surface area contributed by atoms with Crippen LogP contribution in [-0.4, -0.2) is 4.98 Å². The Kier molecular flexibility index (Phi) is 3.97. The van der Waals surface area contributed by atoms with Gasteiger partial charge in [-0.15, -0.1) is 6.58 Å². The van der Waals surface area contributed by atoms with Gasteiger partial charge in [-0.05, 0) is 47.2 Å². The molecule has 1 aromatic carbocycles. The van der Waals surface area contributed by atoms with Gasteiger partial charge in [-0.3, -0.25) is 4.98 Å². The summed E-state index contributed by atoms with van der Waals surface area (Å²) in [7, 11) is 0. The summed E-state index contributed by atoms with van der Waals surface area (Å²) >= 11 is 0. The molecule has 2 aromatic rings. The van der Waals surface area contributed by atoms with E-state index in [1.807, 2.05) is 12.3 Å². The van der Waals surface area contributed by atoms with Crippen molar-refractivity contribution in [3.05, 3.63) is 71.4 Å². The molecule has 1 aromatic heterocycles. The van der Waals surface area contributed by atoms with Crippen LogP contribution in [0.1, 0.15) is 56.7 Å². The van der Waals surface area contributed by atoms with E-state index in [0.29, 0.717) is 5.92 Å². The molecule has 1 aliphatic rings. The van der Waals surface area contributed by atoms with Crippen LogP contribution in [0.3, 0.4) is 0 Å². The Morgan fingerprint density at radius 3 is 2.65 bits per heavy atom. The minimum absolute atomic E-state index is 0.0925. The van der Waals surface area contributed by atoms with Gasteiger partial charge in [-0.2, -0.15) is 0 Å². The summed E-state index contributed by atoms with van der Waals surface area (Å²) in [4.78, 5) is 4.57. The molecule has 0 saturated carbocycles.